The number of likely N-dealkylation sites (N-methyl/N-ethyl adjacent to an activating group) is 1. The largest absolute Gasteiger partial charge is 0.379 e. The van der Waals surface area contributed by atoms with Crippen LogP contribution in [-0.4, -0.2) is 54.8 Å². The minimum absolute atomic E-state index is 0.234. The third-order valence-electron chi connectivity index (χ3n) is 3.02. The van der Waals surface area contributed by atoms with E-state index in [1.54, 1.807) is 0 Å². The Hall–Kier alpha value is -0.620. The zero-order valence-corrected chi connectivity index (χ0v) is 11.0. The molecule has 17 heavy (non-hydrogen) atoms. The van der Waals surface area contributed by atoms with Gasteiger partial charge in [0.05, 0.1) is 24.9 Å². The van der Waals surface area contributed by atoms with Gasteiger partial charge in [0, 0.05) is 19.6 Å². The summed E-state index contributed by atoms with van der Waals surface area (Å²) in [6, 6.07) is 0.234. The molecule has 0 aliphatic carbocycles. The quantitative estimate of drug-likeness (QED) is 0.845. The molecule has 1 saturated heterocycles. The fourth-order valence-electron chi connectivity index (χ4n) is 2.20. The van der Waals surface area contributed by atoms with E-state index < -0.39 is 0 Å². The maximum atomic E-state index is 6.17. The highest BCUT2D eigenvalue weighted by molar-refractivity contribution is 6.30. The van der Waals surface area contributed by atoms with E-state index in [-0.39, 0.29) is 6.04 Å². The van der Waals surface area contributed by atoms with Gasteiger partial charge >= 0.3 is 0 Å². The second-order valence-corrected chi connectivity index (χ2v) is 4.61. The summed E-state index contributed by atoms with van der Waals surface area (Å²) in [5.41, 5.74) is 1.00. The predicted molar refractivity (Wildman–Crippen MR) is 67.4 cm³/mol. The van der Waals surface area contributed by atoms with Crippen molar-refractivity contribution in [1.82, 2.24) is 20.2 Å². The molecule has 0 bridgehead atoms. The lowest BCUT2D eigenvalue weighted by Crippen LogP contribution is -2.42. The molecule has 1 aliphatic heterocycles. The molecule has 5 nitrogen and oxygen atoms in total. The fraction of sp³-hybridized carbons (Fsp3) is 0.727. The highest BCUT2D eigenvalue weighted by atomic mass is 35.5. The lowest BCUT2D eigenvalue weighted by molar-refractivity contribution is 0.0157. The molecular weight excluding hydrogens is 240 g/mol. The number of nitrogens with one attached hydrogen (secondary N) is 2. The number of nitrogens with zero attached hydrogens (tertiary/aromatic N) is 2. The van der Waals surface area contributed by atoms with Crippen LogP contribution in [-0.2, 0) is 4.74 Å². The number of imidazole rings is 1. The first-order valence-electron chi connectivity index (χ1n) is 5.90. The van der Waals surface area contributed by atoms with Crippen LogP contribution in [0.5, 0.6) is 0 Å². The summed E-state index contributed by atoms with van der Waals surface area (Å²) in [5.74, 6) is 0.861. The van der Waals surface area contributed by atoms with E-state index in [1.807, 2.05) is 14.0 Å². The van der Waals surface area contributed by atoms with Gasteiger partial charge < -0.3 is 15.0 Å². The van der Waals surface area contributed by atoms with Crippen molar-refractivity contribution in [3.63, 3.8) is 0 Å². The molecule has 0 radical (unpaired) electrons. The molecule has 2 heterocycles. The smallest absolute Gasteiger partial charge is 0.152 e. The number of aromatic amines is 1. The molecule has 1 atom stereocenters. The molecule has 1 unspecified atom stereocenters. The first kappa shape index (κ1) is 12.8. The second-order valence-electron chi connectivity index (χ2n) is 4.25. The van der Waals surface area contributed by atoms with Crippen molar-refractivity contribution in [3.05, 3.63) is 16.7 Å². The highest BCUT2D eigenvalue weighted by Gasteiger charge is 2.25. The van der Waals surface area contributed by atoms with Crippen LogP contribution in [0.25, 0.3) is 0 Å². The topological polar surface area (TPSA) is 53.2 Å². The van der Waals surface area contributed by atoms with Crippen LogP contribution in [0, 0.1) is 6.92 Å². The first-order chi connectivity index (χ1) is 8.22. The van der Waals surface area contributed by atoms with E-state index in [0.717, 1.165) is 44.4 Å². The van der Waals surface area contributed by atoms with Crippen LogP contribution in [0.1, 0.15) is 17.6 Å². The van der Waals surface area contributed by atoms with Crippen LogP contribution in [0.4, 0.5) is 0 Å². The van der Waals surface area contributed by atoms with E-state index in [4.69, 9.17) is 16.3 Å². The number of hydrogen-bond donors (Lipinski definition) is 2. The summed E-state index contributed by atoms with van der Waals surface area (Å²) in [6.45, 7) is 6.20. The van der Waals surface area contributed by atoms with Gasteiger partial charge in [-0.1, -0.05) is 11.6 Å². The Balaban J connectivity index is 2.18. The van der Waals surface area contributed by atoms with E-state index in [1.165, 1.54) is 0 Å². The molecule has 1 fully saturated rings. The SMILES string of the molecule is CNCC(c1[nH]c(C)nc1Cl)N1CCOCC1. The van der Waals surface area contributed by atoms with E-state index >= 15 is 0 Å². The number of H-pyrrole nitrogens is 1. The molecular formula is C11H19ClN4O. The zero-order chi connectivity index (χ0) is 12.3. The normalized spacial score (nSPS) is 19.5. The Labute approximate surface area is 107 Å². The molecule has 0 amide bonds. The minimum Gasteiger partial charge on any atom is -0.379 e. The third kappa shape index (κ3) is 2.98. The fourth-order valence-corrected chi connectivity index (χ4v) is 2.50. The molecule has 1 aliphatic rings. The van der Waals surface area contributed by atoms with Gasteiger partial charge in [0.25, 0.3) is 0 Å². The van der Waals surface area contributed by atoms with E-state index in [2.05, 4.69) is 20.2 Å². The Morgan fingerprint density at radius 3 is 2.76 bits per heavy atom. The maximum Gasteiger partial charge on any atom is 0.152 e. The number of halogens is 1. The van der Waals surface area contributed by atoms with Crippen LogP contribution in [0.15, 0.2) is 0 Å². The van der Waals surface area contributed by atoms with Gasteiger partial charge in [0.2, 0.25) is 0 Å². The van der Waals surface area contributed by atoms with Crippen LogP contribution >= 0.6 is 11.6 Å². The van der Waals surface area contributed by atoms with E-state index in [0.29, 0.717) is 5.15 Å². The monoisotopic (exact) mass is 258 g/mol. The number of ether oxygens (including phenoxy) is 1. The van der Waals surface area contributed by atoms with Gasteiger partial charge in [-0.15, -0.1) is 0 Å². The van der Waals surface area contributed by atoms with Crippen molar-refractivity contribution < 1.29 is 4.74 Å². The average Bonchev–Trinajstić information content (AvgIpc) is 2.66. The van der Waals surface area contributed by atoms with Gasteiger partial charge in [-0.2, -0.15) is 0 Å². The van der Waals surface area contributed by atoms with Gasteiger partial charge in [-0.3, -0.25) is 4.90 Å². The Kier molecular flexibility index (Phi) is 4.39. The second kappa shape index (κ2) is 5.82. The number of hydrogen-bond acceptors (Lipinski definition) is 4. The van der Waals surface area contributed by atoms with Crippen molar-refractivity contribution in [2.75, 3.05) is 39.9 Å². The van der Waals surface area contributed by atoms with Crippen molar-refractivity contribution in [1.29, 1.82) is 0 Å². The van der Waals surface area contributed by atoms with Crippen molar-refractivity contribution in [3.8, 4) is 0 Å². The number of morpholine rings is 1. The molecule has 1 aromatic rings. The summed E-state index contributed by atoms with van der Waals surface area (Å²) in [5, 5.41) is 3.79. The third-order valence-corrected chi connectivity index (χ3v) is 3.31. The standard InChI is InChI=1S/C11H19ClN4O/c1-8-14-10(11(12)15-8)9(7-13-2)16-3-5-17-6-4-16/h9,13H,3-7H2,1-2H3,(H,14,15). The molecule has 0 spiro atoms. The average molecular weight is 259 g/mol. The summed E-state index contributed by atoms with van der Waals surface area (Å²) in [4.78, 5) is 9.87. The lowest BCUT2D eigenvalue weighted by atomic mass is 10.1. The highest BCUT2D eigenvalue weighted by Crippen LogP contribution is 2.25. The van der Waals surface area contributed by atoms with Gasteiger partial charge in [0.15, 0.2) is 5.15 Å². The molecule has 96 valence electrons. The van der Waals surface area contributed by atoms with Crippen molar-refractivity contribution in [2.24, 2.45) is 0 Å². The first-order valence-corrected chi connectivity index (χ1v) is 6.28. The van der Waals surface area contributed by atoms with Gasteiger partial charge in [-0.25, -0.2) is 4.98 Å². The van der Waals surface area contributed by atoms with Crippen LogP contribution < -0.4 is 5.32 Å². The molecule has 6 heteroatoms. The maximum absolute atomic E-state index is 6.17. The molecule has 0 saturated carbocycles. The number of aryl methyl sites for hydroxylation is 1. The number of rotatable bonds is 4. The van der Waals surface area contributed by atoms with Gasteiger partial charge in [0.1, 0.15) is 5.82 Å². The molecule has 2 N–H and O–H groups in total. The zero-order valence-electron chi connectivity index (χ0n) is 10.3. The summed E-state index contributed by atoms with van der Waals surface area (Å²) in [7, 11) is 1.95. The summed E-state index contributed by atoms with van der Waals surface area (Å²) >= 11 is 6.17. The van der Waals surface area contributed by atoms with Gasteiger partial charge in [-0.05, 0) is 14.0 Å². The van der Waals surface area contributed by atoms with Crippen molar-refractivity contribution >= 4 is 11.6 Å². The lowest BCUT2D eigenvalue weighted by Gasteiger charge is -2.33. The summed E-state index contributed by atoms with van der Waals surface area (Å²) < 4.78 is 5.38. The number of aromatic nitrogens is 2. The summed E-state index contributed by atoms with van der Waals surface area (Å²) in [6.07, 6.45) is 0. The Morgan fingerprint density at radius 1 is 1.53 bits per heavy atom. The molecule has 0 aromatic carbocycles. The minimum atomic E-state index is 0.234. The van der Waals surface area contributed by atoms with Crippen LogP contribution in [0.2, 0.25) is 5.15 Å². The molecule has 2 rings (SSSR count). The van der Waals surface area contributed by atoms with Crippen LogP contribution in [0.3, 0.4) is 0 Å². The Morgan fingerprint density at radius 2 is 2.24 bits per heavy atom. The molecule has 1 aromatic heterocycles. The van der Waals surface area contributed by atoms with Crippen molar-refractivity contribution in [2.45, 2.75) is 13.0 Å². The van der Waals surface area contributed by atoms with E-state index in [9.17, 15) is 0 Å². The Bertz CT molecular complexity index is 362. The predicted octanol–water partition coefficient (Wildman–Crippen LogP) is 0.964.